The summed E-state index contributed by atoms with van der Waals surface area (Å²) in [5.74, 6) is 1.24. The summed E-state index contributed by atoms with van der Waals surface area (Å²) in [4.78, 5) is 0.0290. The van der Waals surface area contributed by atoms with Crippen LogP contribution in [0, 0.1) is 0 Å². The van der Waals surface area contributed by atoms with E-state index in [1.54, 1.807) is 43.3 Å². The van der Waals surface area contributed by atoms with Crippen LogP contribution in [0.1, 0.15) is 18.6 Å². The van der Waals surface area contributed by atoms with Gasteiger partial charge in [-0.25, -0.2) is 13.1 Å². The lowest BCUT2D eigenvalue weighted by molar-refractivity contribution is 0.181. The Labute approximate surface area is 153 Å². The molecule has 0 aliphatic rings. The Morgan fingerprint density at radius 2 is 1.73 bits per heavy atom. The second kappa shape index (κ2) is 8.88. The molecule has 0 bridgehead atoms. The molecule has 0 spiro atoms. The van der Waals surface area contributed by atoms with Gasteiger partial charge in [0.05, 0.1) is 26.9 Å². The normalized spacial score (nSPS) is 12.5. The first-order valence-corrected chi connectivity index (χ1v) is 9.52. The predicted octanol–water partition coefficient (Wildman–Crippen LogP) is 2.11. The van der Waals surface area contributed by atoms with Crippen molar-refractivity contribution in [3.63, 3.8) is 0 Å². The van der Waals surface area contributed by atoms with E-state index in [0.717, 1.165) is 0 Å². The second-order valence-corrected chi connectivity index (χ2v) is 7.10. The largest absolute Gasteiger partial charge is 0.493 e. The molecular weight excluding hydrogens is 358 g/mol. The molecule has 142 valence electrons. The van der Waals surface area contributed by atoms with Crippen molar-refractivity contribution in [1.82, 2.24) is 4.72 Å². The zero-order valence-corrected chi connectivity index (χ0v) is 15.7. The van der Waals surface area contributed by atoms with Gasteiger partial charge in [0.2, 0.25) is 10.0 Å². The summed E-state index contributed by atoms with van der Waals surface area (Å²) in [5.41, 5.74) is 0.503. The quantitative estimate of drug-likeness (QED) is 0.691. The van der Waals surface area contributed by atoms with Gasteiger partial charge in [-0.15, -0.1) is 0 Å². The zero-order valence-electron chi connectivity index (χ0n) is 14.9. The summed E-state index contributed by atoms with van der Waals surface area (Å²) < 4.78 is 43.2. The Bertz CT molecular complexity index is 837. The van der Waals surface area contributed by atoms with Crippen LogP contribution in [0.3, 0.4) is 0 Å². The minimum atomic E-state index is -3.84. The standard InChI is InChI=1S/C18H23NO6S/c1-4-25-16-7-5-6-8-18(16)26(21,22)19-12-14(20)13-9-10-15(23-2)17(11-13)24-3/h5-11,14,19-20H,4,12H2,1-3H3. The Hall–Kier alpha value is -2.29. The molecule has 0 aliphatic carbocycles. The molecule has 0 saturated heterocycles. The van der Waals surface area contributed by atoms with Crippen molar-refractivity contribution < 1.29 is 27.7 Å². The summed E-state index contributed by atoms with van der Waals surface area (Å²) >= 11 is 0. The van der Waals surface area contributed by atoms with E-state index >= 15 is 0 Å². The molecule has 7 nitrogen and oxygen atoms in total. The number of para-hydroxylation sites is 1. The number of ether oxygens (including phenoxy) is 3. The number of hydrogen-bond donors (Lipinski definition) is 2. The van der Waals surface area contributed by atoms with Crippen molar-refractivity contribution in [2.24, 2.45) is 0 Å². The van der Waals surface area contributed by atoms with Gasteiger partial charge in [0.25, 0.3) is 0 Å². The monoisotopic (exact) mass is 381 g/mol. The number of aliphatic hydroxyl groups is 1. The highest BCUT2D eigenvalue weighted by Gasteiger charge is 2.21. The highest BCUT2D eigenvalue weighted by molar-refractivity contribution is 7.89. The number of aliphatic hydroxyl groups excluding tert-OH is 1. The van der Waals surface area contributed by atoms with Crippen molar-refractivity contribution in [3.8, 4) is 17.2 Å². The number of benzene rings is 2. The van der Waals surface area contributed by atoms with Crippen LogP contribution in [0.2, 0.25) is 0 Å². The summed E-state index contributed by atoms with van der Waals surface area (Å²) in [6.07, 6.45) is -1.05. The average molecular weight is 381 g/mol. The van der Waals surface area contributed by atoms with Gasteiger partial charge in [-0.3, -0.25) is 0 Å². The molecule has 1 unspecified atom stereocenters. The van der Waals surface area contributed by atoms with Gasteiger partial charge in [-0.1, -0.05) is 18.2 Å². The number of nitrogens with one attached hydrogen (secondary N) is 1. The van der Waals surface area contributed by atoms with Crippen molar-refractivity contribution in [1.29, 1.82) is 0 Å². The smallest absolute Gasteiger partial charge is 0.244 e. The maximum Gasteiger partial charge on any atom is 0.244 e. The molecule has 0 aliphatic heterocycles. The van der Waals surface area contributed by atoms with Gasteiger partial charge in [0, 0.05) is 6.54 Å². The first-order valence-electron chi connectivity index (χ1n) is 8.04. The van der Waals surface area contributed by atoms with Crippen LogP contribution >= 0.6 is 0 Å². The van der Waals surface area contributed by atoms with Crippen LogP contribution in [-0.4, -0.2) is 40.9 Å². The van der Waals surface area contributed by atoms with E-state index in [1.165, 1.54) is 20.3 Å². The van der Waals surface area contributed by atoms with Gasteiger partial charge in [0.1, 0.15) is 10.6 Å². The molecule has 0 heterocycles. The predicted molar refractivity (Wildman–Crippen MR) is 97.3 cm³/mol. The Morgan fingerprint density at radius 1 is 1.04 bits per heavy atom. The van der Waals surface area contributed by atoms with Gasteiger partial charge in [-0.05, 0) is 36.8 Å². The van der Waals surface area contributed by atoms with Crippen LogP contribution in [-0.2, 0) is 10.0 Å². The molecule has 2 N–H and O–H groups in total. The third kappa shape index (κ3) is 4.66. The SMILES string of the molecule is CCOc1ccccc1S(=O)(=O)NCC(O)c1ccc(OC)c(OC)c1. The van der Waals surface area contributed by atoms with E-state index < -0.39 is 16.1 Å². The van der Waals surface area contributed by atoms with Crippen molar-refractivity contribution in [2.75, 3.05) is 27.4 Å². The third-order valence-electron chi connectivity index (χ3n) is 3.70. The number of rotatable bonds is 9. The van der Waals surface area contributed by atoms with E-state index in [9.17, 15) is 13.5 Å². The molecule has 0 amide bonds. The fourth-order valence-electron chi connectivity index (χ4n) is 2.39. The number of hydrogen-bond acceptors (Lipinski definition) is 6. The maximum absolute atomic E-state index is 12.5. The Balaban J connectivity index is 2.15. The summed E-state index contributed by atoms with van der Waals surface area (Å²) in [5, 5.41) is 10.3. The topological polar surface area (TPSA) is 94.1 Å². The number of methoxy groups -OCH3 is 2. The molecule has 2 aromatic rings. The maximum atomic E-state index is 12.5. The van der Waals surface area contributed by atoms with Gasteiger partial charge < -0.3 is 19.3 Å². The molecule has 0 radical (unpaired) electrons. The third-order valence-corrected chi connectivity index (χ3v) is 5.16. The highest BCUT2D eigenvalue weighted by atomic mass is 32.2. The zero-order chi connectivity index (χ0) is 19.2. The van der Waals surface area contributed by atoms with Crippen LogP contribution in [0.15, 0.2) is 47.4 Å². The average Bonchev–Trinajstić information content (AvgIpc) is 2.66. The summed E-state index contributed by atoms with van der Waals surface area (Å²) in [7, 11) is -0.836. The fourth-order valence-corrected chi connectivity index (χ4v) is 3.57. The molecule has 0 aromatic heterocycles. The first kappa shape index (κ1) is 20.0. The first-order chi connectivity index (χ1) is 12.4. The molecule has 26 heavy (non-hydrogen) atoms. The number of sulfonamides is 1. The summed E-state index contributed by atoms with van der Waals surface area (Å²) in [6.45, 7) is 1.93. The Morgan fingerprint density at radius 3 is 2.38 bits per heavy atom. The van der Waals surface area contributed by atoms with Gasteiger partial charge in [0.15, 0.2) is 11.5 Å². The van der Waals surface area contributed by atoms with Crippen LogP contribution in [0.25, 0.3) is 0 Å². The minimum Gasteiger partial charge on any atom is -0.493 e. The lowest BCUT2D eigenvalue weighted by Crippen LogP contribution is -2.29. The molecule has 2 rings (SSSR count). The fraction of sp³-hybridized carbons (Fsp3) is 0.333. The molecule has 1 atom stereocenters. The van der Waals surface area contributed by atoms with Crippen LogP contribution in [0.5, 0.6) is 17.2 Å². The van der Waals surface area contributed by atoms with Crippen molar-refractivity contribution in [3.05, 3.63) is 48.0 Å². The van der Waals surface area contributed by atoms with Gasteiger partial charge in [-0.2, -0.15) is 0 Å². The minimum absolute atomic E-state index is 0.0290. The molecule has 0 fully saturated rings. The molecule has 2 aromatic carbocycles. The van der Waals surface area contributed by atoms with E-state index in [0.29, 0.717) is 23.7 Å². The van der Waals surface area contributed by atoms with Crippen molar-refractivity contribution in [2.45, 2.75) is 17.9 Å². The van der Waals surface area contributed by atoms with E-state index in [-0.39, 0.29) is 17.2 Å². The second-order valence-electron chi connectivity index (χ2n) is 5.36. The lowest BCUT2D eigenvalue weighted by Gasteiger charge is -2.16. The van der Waals surface area contributed by atoms with E-state index in [4.69, 9.17) is 14.2 Å². The molecular formula is C18H23NO6S. The van der Waals surface area contributed by atoms with E-state index in [1.807, 2.05) is 0 Å². The van der Waals surface area contributed by atoms with Crippen LogP contribution in [0.4, 0.5) is 0 Å². The van der Waals surface area contributed by atoms with Crippen LogP contribution < -0.4 is 18.9 Å². The Kier molecular flexibility index (Phi) is 6.84. The molecule has 0 saturated carbocycles. The molecule has 8 heteroatoms. The lowest BCUT2D eigenvalue weighted by atomic mass is 10.1. The summed E-state index contributed by atoms with van der Waals surface area (Å²) in [6, 6.07) is 11.2. The van der Waals surface area contributed by atoms with Gasteiger partial charge >= 0.3 is 0 Å². The highest BCUT2D eigenvalue weighted by Crippen LogP contribution is 2.30. The van der Waals surface area contributed by atoms with E-state index in [2.05, 4.69) is 4.72 Å². The van der Waals surface area contributed by atoms with Crippen molar-refractivity contribution >= 4 is 10.0 Å².